The van der Waals surface area contributed by atoms with Crippen LogP contribution in [0.5, 0.6) is 0 Å². The van der Waals surface area contributed by atoms with Crippen molar-refractivity contribution in [2.45, 2.75) is 19.6 Å². The minimum atomic E-state index is -0.333. The van der Waals surface area contributed by atoms with E-state index in [4.69, 9.17) is 9.15 Å². The van der Waals surface area contributed by atoms with Gasteiger partial charge in [-0.3, -0.25) is 9.59 Å². The first-order chi connectivity index (χ1) is 11.6. The Kier molecular flexibility index (Phi) is 4.90. The third kappa shape index (κ3) is 3.80. The highest BCUT2D eigenvalue weighted by atomic mass is 16.5. The number of benzene rings is 1. The first-order valence-electron chi connectivity index (χ1n) is 7.75. The molecule has 1 aromatic heterocycles. The van der Waals surface area contributed by atoms with Crippen LogP contribution in [-0.2, 0) is 16.1 Å². The van der Waals surface area contributed by atoms with E-state index in [9.17, 15) is 9.59 Å². The second-order valence-corrected chi connectivity index (χ2v) is 5.67. The lowest BCUT2D eigenvalue weighted by Gasteiger charge is -2.32. The van der Waals surface area contributed by atoms with Crippen LogP contribution in [0.4, 0.5) is 0 Å². The number of aryl methyl sites for hydroxylation is 1. The van der Waals surface area contributed by atoms with E-state index in [0.717, 1.165) is 5.56 Å². The normalized spacial score (nSPS) is 17.8. The summed E-state index contributed by atoms with van der Waals surface area (Å²) in [6, 6.07) is 9.78. The molecule has 126 valence electrons. The Labute approximate surface area is 139 Å². The molecule has 2 aromatic rings. The molecule has 24 heavy (non-hydrogen) atoms. The van der Waals surface area contributed by atoms with Gasteiger partial charge in [0.05, 0.1) is 11.8 Å². The number of hydrogen-bond donors (Lipinski definition) is 1. The molecule has 2 amide bonds. The largest absolute Gasteiger partial charge is 0.438 e. The smallest absolute Gasteiger partial charge is 0.289 e. The lowest BCUT2D eigenvalue weighted by Crippen LogP contribution is -2.50. The predicted molar refractivity (Wildman–Crippen MR) is 85.2 cm³/mol. The highest BCUT2D eigenvalue weighted by Gasteiger charge is 2.27. The minimum absolute atomic E-state index is 0.0225. The number of nitrogens with one attached hydrogen (secondary N) is 1. The molecular weight excluding hydrogens is 310 g/mol. The molecule has 1 N–H and O–H groups in total. The summed E-state index contributed by atoms with van der Waals surface area (Å²) in [6.45, 7) is 3.00. The number of hydrogen-bond acceptors (Lipinski definition) is 5. The van der Waals surface area contributed by atoms with Gasteiger partial charge in [0.15, 0.2) is 6.39 Å². The maximum Gasteiger partial charge on any atom is 0.289 e. The van der Waals surface area contributed by atoms with Crippen molar-refractivity contribution in [3.8, 4) is 0 Å². The highest BCUT2D eigenvalue weighted by molar-refractivity contribution is 5.92. The molecule has 0 aliphatic carbocycles. The minimum Gasteiger partial charge on any atom is -0.438 e. The summed E-state index contributed by atoms with van der Waals surface area (Å²) >= 11 is 0. The number of carbonyl (C=O) groups is 2. The van der Waals surface area contributed by atoms with Gasteiger partial charge in [0.2, 0.25) is 11.7 Å². The van der Waals surface area contributed by atoms with Crippen LogP contribution in [0.3, 0.4) is 0 Å². The lowest BCUT2D eigenvalue weighted by molar-refractivity contribution is -0.149. The molecule has 0 bridgehead atoms. The number of ether oxygens (including phenoxy) is 1. The third-order valence-corrected chi connectivity index (χ3v) is 3.88. The van der Waals surface area contributed by atoms with Crippen LogP contribution < -0.4 is 5.32 Å². The van der Waals surface area contributed by atoms with Crippen molar-refractivity contribution >= 4 is 11.8 Å². The number of oxazole rings is 1. The van der Waals surface area contributed by atoms with E-state index >= 15 is 0 Å². The molecule has 3 rings (SSSR count). The number of carbonyl (C=O) groups excluding carboxylic acids is 2. The molecule has 0 radical (unpaired) electrons. The number of morpholine rings is 1. The summed E-state index contributed by atoms with van der Waals surface area (Å²) in [5.41, 5.74) is 1.60. The Hall–Kier alpha value is -2.67. The maximum atomic E-state index is 12.0. The van der Waals surface area contributed by atoms with Gasteiger partial charge in [-0.1, -0.05) is 30.3 Å². The van der Waals surface area contributed by atoms with E-state index in [1.807, 2.05) is 30.3 Å². The average molecular weight is 329 g/mol. The average Bonchev–Trinajstić information content (AvgIpc) is 3.02. The van der Waals surface area contributed by atoms with Crippen molar-refractivity contribution < 1.29 is 18.7 Å². The van der Waals surface area contributed by atoms with Gasteiger partial charge in [-0.25, -0.2) is 4.98 Å². The summed E-state index contributed by atoms with van der Waals surface area (Å²) < 4.78 is 10.6. The Balaban J connectivity index is 1.54. The van der Waals surface area contributed by atoms with Gasteiger partial charge in [-0.2, -0.15) is 0 Å². The lowest BCUT2D eigenvalue weighted by atomic mass is 10.2. The second kappa shape index (κ2) is 7.27. The van der Waals surface area contributed by atoms with Gasteiger partial charge in [-0.15, -0.1) is 0 Å². The number of rotatable bonds is 5. The summed E-state index contributed by atoms with van der Waals surface area (Å²) in [4.78, 5) is 29.7. The fourth-order valence-corrected chi connectivity index (χ4v) is 2.57. The van der Waals surface area contributed by atoms with Crippen molar-refractivity contribution in [1.29, 1.82) is 0 Å². The summed E-state index contributed by atoms with van der Waals surface area (Å²) in [5.74, 6) is -0.185. The zero-order valence-electron chi connectivity index (χ0n) is 13.4. The van der Waals surface area contributed by atoms with Crippen LogP contribution in [0.15, 0.2) is 41.1 Å². The van der Waals surface area contributed by atoms with E-state index in [2.05, 4.69) is 10.3 Å². The maximum absolute atomic E-state index is 12.0. The van der Waals surface area contributed by atoms with Crippen molar-refractivity contribution in [3.63, 3.8) is 0 Å². The molecule has 0 spiro atoms. The highest BCUT2D eigenvalue weighted by Crippen LogP contribution is 2.12. The molecule has 1 unspecified atom stereocenters. The van der Waals surface area contributed by atoms with Crippen LogP contribution in [-0.4, -0.2) is 47.5 Å². The Morgan fingerprint density at radius 2 is 2.17 bits per heavy atom. The van der Waals surface area contributed by atoms with Crippen LogP contribution in [0.25, 0.3) is 0 Å². The van der Waals surface area contributed by atoms with Crippen molar-refractivity contribution in [2.75, 3.05) is 19.7 Å². The molecule has 2 heterocycles. The van der Waals surface area contributed by atoms with Crippen LogP contribution in [0.2, 0.25) is 0 Å². The second-order valence-electron chi connectivity index (χ2n) is 5.67. The SMILES string of the molecule is Cc1ncoc1C(=O)NCC1CN(Cc2ccccc2)C(=O)CO1. The first-order valence-corrected chi connectivity index (χ1v) is 7.75. The summed E-state index contributed by atoms with van der Waals surface area (Å²) in [7, 11) is 0. The summed E-state index contributed by atoms with van der Waals surface area (Å²) in [5, 5.41) is 2.76. The van der Waals surface area contributed by atoms with E-state index in [0.29, 0.717) is 25.3 Å². The topological polar surface area (TPSA) is 84.7 Å². The molecule has 1 saturated heterocycles. The fraction of sp³-hybridized carbons (Fsp3) is 0.353. The molecule has 1 fully saturated rings. The van der Waals surface area contributed by atoms with Gasteiger partial charge >= 0.3 is 0 Å². The summed E-state index contributed by atoms with van der Waals surface area (Å²) in [6.07, 6.45) is 0.986. The zero-order valence-corrected chi connectivity index (χ0v) is 13.4. The first kappa shape index (κ1) is 16.2. The molecule has 0 saturated carbocycles. The quantitative estimate of drug-likeness (QED) is 0.889. The fourth-order valence-electron chi connectivity index (χ4n) is 2.57. The van der Waals surface area contributed by atoms with E-state index in [-0.39, 0.29) is 30.3 Å². The van der Waals surface area contributed by atoms with Gasteiger partial charge in [0, 0.05) is 19.6 Å². The van der Waals surface area contributed by atoms with Crippen molar-refractivity contribution in [1.82, 2.24) is 15.2 Å². The number of nitrogens with zero attached hydrogens (tertiary/aromatic N) is 2. The van der Waals surface area contributed by atoms with Crippen LogP contribution in [0.1, 0.15) is 21.8 Å². The molecule has 1 atom stereocenters. The van der Waals surface area contributed by atoms with Gasteiger partial charge in [-0.05, 0) is 12.5 Å². The van der Waals surface area contributed by atoms with Crippen molar-refractivity contribution in [2.24, 2.45) is 0 Å². The number of amides is 2. The van der Waals surface area contributed by atoms with E-state index < -0.39 is 0 Å². The Morgan fingerprint density at radius 1 is 1.38 bits per heavy atom. The molecule has 7 heteroatoms. The van der Waals surface area contributed by atoms with E-state index in [1.165, 1.54) is 6.39 Å². The monoisotopic (exact) mass is 329 g/mol. The predicted octanol–water partition coefficient (Wildman–Crippen LogP) is 1.14. The standard InChI is InChI=1S/C17H19N3O4/c1-12-16(24-11-19-12)17(22)18-7-14-9-20(15(21)10-23-14)8-13-5-3-2-4-6-13/h2-6,11,14H,7-10H2,1H3,(H,18,22). The Bertz CT molecular complexity index is 714. The van der Waals surface area contributed by atoms with Crippen molar-refractivity contribution in [3.05, 3.63) is 53.7 Å². The molecule has 1 aliphatic rings. The van der Waals surface area contributed by atoms with Crippen LogP contribution in [0, 0.1) is 6.92 Å². The van der Waals surface area contributed by atoms with Gasteiger partial charge < -0.3 is 19.4 Å². The van der Waals surface area contributed by atoms with E-state index in [1.54, 1.807) is 11.8 Å². The molecular formula is C17H19N3O4. The Morgan fingerprint density at radius 3 is 2.88 bits per heavy atom. The zero-order chi connectivity index (χ0) is 16.9. The molecule has 1 aromatic carbocycles. The third-order valence-electron chi connectivity index (χ3n) is 3.88. The molecule has 7 nitrogen and oxygen atoms in total. The molecule has 1 aliphatic heterocycles. The van der Waals surface area contributed by atoms with Gasteiger partial charge in [0.25, 0.3) is 5.91 Å². The van der Waals surface area contributed by atoms with Crippen LogP contribution >= 0.6 is 0 Å². The van der Waals surface area contributed by atoms with Gasteiger partial charge in [0.1, 0.15) is 6.61 Å². The number of aromatic nitrogens is 1.